The van der Waals surface area contributed by atoms with Crippen molar-refractivity contribution >= 4 is 19.7 Å². The number of ether oxygens (including phenoxy) is 1. The molecule has 6 nitrogen and oxygen atoms in total. The van der Waals surface area contributed by atoms with E-state index in [1.807, 2.05) is 6.92 Å². The Labute approximate surface area is 123 Å². The Balaban J connectivity index is 2.24. The van der Waals surface area contributed by atoms with Gasteiger partial charge in [-0.2, -0.15) is 9.49 Å². The van der Waals surface area contributed by atoms with Crippen LogP contribution in [0.15, 0.2) is 23.4 Å². The molecule has 0 bridgehead atoms. The van der Waals surface area contributed by atoms with Crippen molar-refractivity contribution in [3.05, 3.63) is 35.9 Å². The van der Waals surface area contributed by atoms with E-state index in [2.05, 4.69) is 10.1 Å². The first-order valence-electron chi connectivity index (χ1n) is 5.76. The first kappa shape index (κ1) is 15.6. The summed E-state index contributed by atoms with van der Waals surface area (Å²) in [6.45, 7) is 2.23. The van der Waals surface area contributed by atoms with E-state index in [9.17, 15) is 17.2 Å². The predicted molar refractivity (Wildman–Crippen MR) is 69.4 cm³/mol. The molecule has 0 spiro atoms. The van der Waals surface area contributed by atoms with E-state index in [1.54, 1.807) is 0 Å². The van der Waals surface area contributed by atoms with Gasteiger partial charge >= 0.3 is 0 Å². The van der Waals surface area contributed by atoms with Gasteiger partial charge in [-0.1, -0.05) is 0 Å². The maximum Gasteiger partial charge on any atom is 0.264 e. The Morgan fingerprint density at radius 2 is 2.05 bits per heavy atom. The maximum atomic E-state index is 13.7. The number of rotatable bonds is 5. The largest absolute Gasteiger partial charge is 0.482 e. The molecule has 0 saturated heterocycles. The summed E-state index contributed by atoms with van der Waals surface area (Å²) in [4.78, 5) is 2.97. The summed E-state index contributed by atoms with van der Waals surface area (Å²) < 4.78 is 56.1. The van der Waals surface area contributed by atoms with Crippen molar-refractivity contribution in [1.82, 2.24) is 14.8 Å². The summed E-state index contributed by atoms with van der Waals surface area (Å²) >= 11 is 0. The molecular formula is C11H10ClF2N3O3S. The van der Waals surface area contributed by atoms with Gasteiger partial charge in [0.05, 0.1) is 0 Å². The van der Waals surface area contributed by atoms with Crippen LogP contribution in [0.4, 0.5) is 8.78 Å². The Bertz CT molecular complexity index is 764. The molecule has 0 aliphatic carbocycles. The summed E-state index contributed by atoms with van der Waals surface area (Å²) in [7, 11) is 0.623. The van der Waals surface area contributed by atoms with Gasteiger partial charge in [0.1, 0.15) is 17.8 Å². The zero-order valence-corrected chi connectivity index (χ0v) is 12.3. The average Bonchev–Trinajstić information content (AvgIpc) is 2.86. The monoisotopic (exact) mass is 337 g/mol. The number of hydrogen-bond donors (Lipinski definition) is 0. The van der Waals surface area contributed by atoms with E-state index in [4.69, 9.17) is 15.4 Å². The first-order valence-corrected chi connectivity index (χ1v) is 8.07. The van der Waals surface area contributed by atoms with E-state index in [1.165, 1.54) is 11.0 Å². The van der Waals surface area contributed by atoms with Crippen LogP contribution in [0.1, 0.15) is 12.7 Å². The third-order valence-electron chi connectivity index (χ3n) is 2.63. The quantitative estimate of drug-likeness (QED) is 0.781. The number of aromatic nitrogens is 3. The van der Waals surface area contributed by atoms with Crippen LogP contribution in [0.3, 0.4) is 0 Å². The summed E-state index contributed by atoms with van der Waals surface area (Å²) in [5.74, 6) is -3.03. The lowest BCUT2D eigenvalue weighted by molar-refractivity contribution is 0.267. The molecule has 0 aliphatic rings. The topological polar surface area (TPSA) is 74.1 Å². The van der Waals surface area contributed by atoms with Gasteiger partial charge in [-0.15, -0.1) is 0 Å². The Morgan fingerprint density at radius 1 is 1.33 bits per heavy atom. The molecule has 0 radical (unpaired) electrons. The molecule has 0 unspecified atom stereocenters. The van der Waals surface area contributed by atoms with Gasteiger partial charge < -0.3 is 4.74 Å². The Morgan fingerprint density at radius 3 is 2.67 bits per heavy atom. The summed E-state index contributed by atoms with van der Waals surface area (Å²) in [5, 5.41) is 3.89. The fraction of sp³-hybridized carbons (Fsp3) is 0.273. The average molecular weight is 338 g/mol. The van der Waals surface area contributed by atoms with Crippen molar-refractivity contribution in [3.63, 3.8) is 0 Å². The van der Waals surface area contributed by atoms with E-state index >= 15 is 0 Å². The molecule has 114 valence electrons. The molecule has 2 rings (SSSR count). The van der Waals surface area contributed by atoms with Gasteiger partial charge in [0.25, 0.3) is 9.05 Å². The van der Waals surface area contributed by atoms with Crippen molar-refractivity contribution < 1.29 is 21.9 Å². The van der Waals surface area contributed by atoms with Crippen LogP contribution >= 0.6 is 10.7 Å². The normalized spacial score (nSPS) is 11.6. The predicted octanol–water partition coefficient (Wildman–Crippen LogP) is 2.08. The fourth-order valence-electron chi connectivity index (χ4n) is 1.62. The van der Waals surface area contributed by atoms with Gasteiger partial charge in [-0.25, -0.2) is 22.5 Å². The van der Waals surface area contributed by atoms with Gasteiger partial charge in [-0.05, 0) is 19.1 Å². The summed E-state index contributed by atoms with van der Waals surface area (Å²) in [5.41, 5.74) is 0. The highest BCUT2D eigenvalue weighted by molar-refractivity contribution is 8.13. The minimum absolute atomic E-state index is 0.142. The lowest BCUT2D eigenvalue weighted by Crippen LogP contribution is -2.09. The van der Waals surface area contributed by atoms with Gasteiger partial charge in [0, 0.05) is 17.2 Å². The number of benzene rings is 1. The third kappa shape index (κ3) is 3.30. The number of aryl methyl sites for hydroxylation is 1. The molecule has 10 heteroatoms. The first-order chi connectivity index (χ1) is 9.84. The molecule has 0 amide bonds. The SMILES string of the molecule is CCn1ncnc1COc1ccc(S(=O)(=O)Cl)c(F)c1F. The van der Waals surface area contributed by atoms with Gasteiger partial charge in [-0.3, -0.25) is 0 Å². The molecule has 2 aromatic rings. The highest BCUT2D eigenvalue weighted by Gasteiger charge is 2.22. The fourth-order valence-corrected chi connectivity index (χ4v) is 2.51. The van der Waals surface area contributed by atoms with Crippen LogP contribution in [0, 0.1) is 11.6 Å². The molecule has 1 heterocycles. The van der Waals surface area contributed by atoms with E-state index in [-0.39, 0.29) is 6.61 Å². The molecule has 21 heavy (non-hydrogen) atoms. The number of halogens is 3. The molecule has 0 saturated carbocycles. The number of hydrogen-bond acceptors (Lipinski definition) is 5. The Kier molecular flexibility index (Phi) is 4.43. The van der Waals surface area contributed by atoms with E-state index in [0.717, 1.165) is 12.1 Å². The second kappa shape index (κ2) is 5.94. The summed E-state index contributed by atoms with van der Waals surface area (Å²) in [6, 6.07) is 1.82. The van der Waals surface area contributed by atoms with Crippen LogP contribution in [-0.2, 0) is 22.2 Å². The molecule has 0 aliphatic heterocycles. The van der Waals surface area contributed by atoms with Crippen LogP contribution < -0.4 is 4.74 Å². The van der Waals surface area contributed by atoms with Crippen LogP contribution in [0.2, 0.25) is 0 Å². The molecule has 1 aromatic carbocycles. The minimum atomic E-state index is -4.37. The van der Waals surface area contributed by atoms with Gasteiger partial charge in [0.15, 0.2) is 17.4 Å². The zero-order chi connectivity index (χ0) is 15.6. The molecule has 1 aromatic heterocycles. The second-order valence-electron chi connectivity index (χ2n) is 3.91. The highest BCUT2D eigenvalue weighted by Crippen LogP contribution is 2.27. The van der Waals surface area contributed by atoms with Crippen molar-refractivity contribution in [1.29, 1.82) is 0 Å². The molecule has 0 N–H and O–H groups in total. The zero-order valence-electron chi connectivity index (χ0n) is 10.8. The van der Waals surface area contributed by atoms with Crippen molar-refractivity contribution in [2.24, 2.45) is 0 Å². The van der Waals surface area contributed by atoms with Crippen LogP contribution in [-0.4, -0.2) is 23.2 Å². The standard InChI is InChI=1S/C11H10ClF2N3O3S/c1-2-17-9(15-6-16-17)5-20-7-3-4-8(21(12,18)19)11(14)10(7)13/h3-4,6H,2,5H2,1H3. The minimum Gasteiger partial charge on any atom is -0.482 e. The number of nitrogens with zero attached hydrogens (tertiary/aromatic N) is 3. The smallest absolute Gasteiger partial charge is 0.264 e. The lowest BCUT2D eigenvalue weighted by atomic mass is 10.3. The lowest BCUT2D eigenvalue weighted by Gasteiger charge is -2.09. The van der Waals surface area contributed by atoms with E-state index in [0.29, 0.717) is 12.4 Å². The maximum absolute atomic E-state index is 13.7. The van der Waals surface area contributed by atoms with Crippen molar-refractivity contribution in [3.8, 4) is 5.75 Å². The molecule has 0 fully saturated rings. The van der Waals surface area contributed by atoms with Crippen LogP contribution in [0.5, 0.6) is 5.75 Å². The van der Waals surface area contributed by atoms with E-state index < -0.39 is 31.3 Å². The third-order valence-corrected chi connectivity index (χ3v) is 3.97. The Hall–Kier alpha value is -1.74. The molecule has 0 atom stereocenters. The van der Waals surface area contributed by atoms with Crippen LogP contribution in [0.25, 0.3) is 0 Å². The second-order valence-corrected chi connectivity index (χ2v) is 6.44. The molecular weight excluding hydrogens is 328 g/mol. The van der Waals surface area contributed by atoms with Crippen molar-refractivity contribution in [2.75, 3.05) is 0 Å². The highest BCUT2D eigenvalue weighted by atomic mass is 35.7. The van der Waals surface area contributed by atoms with Crippen molar-refractivity contribution in [2.45, 2.75) is 25.0 Å². The summed E-state index contributed by atoms with van der Waals surface area (Å²) in [6.07, 6.45) is 1.31. The van der Waals surface area contributed by atoms with Gasteiger partial charge in [0.2, 0.25) is 5.82 Å².